The number of nitrogens with zero attached hydrogens (tertiary/aromatic N) is 1. The van der Waals surface area contributed by atoms with E-state index in [-0.39, 0.29) is 18.6 Å². The average Bonchev–Trinajstić information content (AvgIpc) is 2.74. The highest BCUT2D eigenvalue weighted by atomic mass is 16.5. The van der Waals surface area contributed by atoms with E-state index in [2.05, 4.69) is 0 Å². The van der Waals surface area contributed by atoms with Crippen molar-refractivity contribution in [3.05, 3.63) is 0 Å². The molecule has 1 N–H and O–H groups in total. The molecule has 0 unspecified atom stereocenters. The molecule has 2 fully saturated rings. The number of ether oxygens (including phenoxy) is 2. The van der Waals surface area contributed by atoms with Crippen molar-refractivity contribution in [2.45, 2.75) is 31.5 Å². The number of hydrogen-bond donors (Lipinski definition) is 1. The van der Waals surface area contributed by atoms with Gasteiger partial charge in [0, 0.05) is 6.61 Å². The van der Waals surface area contributed by atoms with Gasteiger partial charge in [0.05, 0.1) is 13.1 Å². The van der Waals surface area contributed by atoms with Crippen LogP contribution in [0.25, 0.3) is 0 Å². The standard InChI is InChI=1S/C11H17NO5/c1-11(17-5-9(13)14)6-12(7-11)10(15)8-3-2-4-16-8/h8H,2-7H2,1H3,(H,13,14)/t8-/m0/s1. The second-order valence-corrected chi connectivity index (χ2v) is 4.83. The molecule has 0 radical (unpaired) electrons. The van der Waals surface area contributed by atoms with E-state index in [0.717, 1.165) is 12.8 Å². The fraction of sp³-hybridized carbons (Fsp3) is 0.818. The lowest BCUT2D eigenvalue weighted by Gasteiger charge is -2.47. The lowest BCUT2D eigenvalue weighted by molar-refractivity contribution is -0.178. The summed E-state index contributed by atoms with van der Waals surface area (Å²) < 4.78 is 10.5. The third-order valence-corrected chi connectivity index (χ3v) is 3.11. The molecule has 2 heterocycles. The molecule has 17 heavy (non-hydrogen) atoms. The summed E-state index contributed by atoms with van der Waals surface area (Å²) in [6, 6.07) is 0. The van der Waals surface area contributed by atoms with Crippen molar-refractivity contribution in [1.82, 2.24) is 4.90 Å². The fourth-order valence-electron chi connectivity index (χ4n) is 2.22. The van der Waals surface area contributed by atoms with Crippen molar-refractivity contribution < 1.29 is 24.2 Å². The molecule has 0 aliphatic carbocycles. The predicted molar refractivity (Wildman–Crippen MR) is 57.5 cm³/mol. The van der Waals surface area contributed by atoms with Crippen LogP contribution in [-0.4, -0.2) is 59.9 Å². The first-order valence-corrected chi connectivity index (χ1v) is 5.76. The zero-order chi connectivity index (χ0) is 12.5. The van der Waals surface area contributed by atoms with E-state index < -0.39 is 11.6 Å². The highest BCUT2D eigenvalue weighted by Crippen LogP contribution is 2.27. The third-order valence-electron chi connectivity index (χ3n) is 3.11. The molecule has 96 valence electrons. The lowest BCUT2D eigenvalue weighted by Crippen LogP contribution is -2.65. The normalized spacial score (nSPS) is 26.6. The monoisotopic (exact) mass is 243 g/mol. The number of hydrogen-bond acceptors (Lipinski definition) is 4. The summed E-state index contributed by atoms with van der Waals surface area (Å²) in [5.74, 6) is -0.992. The highest BCUT2D eigenvalue weighted by Gasteiger charge is 2.45. The Labute approximate surface area is 99.5 Å². The van der Waals surface area contributed by atoms with Crippen LogP contribution in [-0.2, 0) is 19.1 Å². The number of amides is 1. The summed E-state index contributed by atoms with van der Waals surface area (Å²) in [6.07, 6.45) is 1.40. The molecule has 6 heteroatoms. The Kier molecular flexibility index (Phi) is 3.35. The second kappa shape index (κ2) is 4.62. The smallest absolute Gasteiger partial charge is 0.329 e. The van der Waals surface area contributed by atoms with Crippen LogP contribution in [0, 0.1) is 0 Å². The number of carbonyl (C=O) groups is 2. The topological polar surface area (TPSA) is 76.1 Å². The minimum atomic E-state index is -0.991. The van der Waals surface area contributed by atoms with Crippen molar-refractivity contribution >= 4 is 11.9 Å². The van der Waals surface area contributed by atoms with Gasteiger partial charge in [-0.25, -0.2) is 4.79 Å². The Bertz CT molecular complexity index is 318. The quantitative estimate of drug-likeness (QED) is 0.744. The number of likely N-dealkylation sites (tertiary alicyclic amines) is 1. The van der Waals surface area contributed by atoms with Crippen LogP contribution in [0.5, 0.6) is 0 Å². The number of rotatable bonds is 4. The van der Waals surface area contributed by atoms with Crippen LogP contribution in [0.1, 0.15) is 19.8 Å². The molecule has 0 aromatic heterocycles. The molecule has 2 rings (SSSR count). The molecule has 0 bridgehead atoms. The zero-order valence-corrected chi connectivity index (χ0v) is 9.85. The maximum Gasteiger partial charge on any atom is 0.329 e. The molecular weight excluding hydrogens is 226 g/mol. The van der Waals surface area contributed by atoms with Crippen LogP contribution in [0.4, 0.5) is 0 Å². The van der Waals surface area contributed by atoms with E-state index in [1.54, 1.807) is 4.90 Å². The Hall–Kier alpha value is -1.14. The number of carboxylic acids is 1. The van der Waals surface area contributed by atoms with E-state index in [9.17, 15) is 9.59 Å². The SMILES string of the molecule is CC1(OCC(=O)O)CN(C(=O)[C@@H]2CCCO2)C1. The average molecular weight is 243 g/mol. The first-order valence-electron chi connectivity index (χ1n) is 5.76. The summed E-state index contributed by atoms with van der Waals surface area (Å²) in [4.78, 5) is 23.9. The first kappa shape index (κ1) is 12.3. The summed E-state index contributed by atoms with van der Waals surface area (Å²) in [7, 11) is 0. The summed E-state index contributed by atoms with van der Waals surface area (Å²) in [6.45, 7) is 3.03. The molecule has 1 amide bonds. The molecule has 0 saturated carbocycles. The fourth-order valence-corrected chi connectivity index (χ4v) is 2.22. The van der Waals surface area contributed by atoms with Gasteiger partial charge in [0.2, 0.25) is 0 Å². The van der Waals surface area contributed by atoms with Gasteiger partial charge in [-0.1, -0.05) is 0 Å². The minimum Gasteiger partial charge on any atom is -0.480 e. The Morgan fingerprint density at radius 3 is 2.76 bits per heavy atom. The lowest BCUT2D eigenvalue weighted by atomic mass is 9.95. The minimum absolute atomic E-state index is 0.00102. The van der Waals surface area contributed by atoms with Crippen molar-refractivity contribution in [2.24, 2.45) is 0 Å². The van der Waals surface area contributed by atoms with Crippen molar-refractivity contribution in [3.63, 3.8) is 0 Å². The first-order chi connectivity index (χ1) is 8.00. The van der Waals surface area contributed by atoms with Crippen molar-refractivity contribution in [3.8, 4) is 0 Å². The Balaban J connectivity index is 1.77. The molecule has 2 aliphatic rings. The zero-order valence-electron chi connectivity index (χ0n) is 9.85. The largest absolute Gasteiger partial charge is 0.480 e. The molecule has 1 atom stereocenters. The predicted octanol–water partition coefficient (Wildman–Crippen LogP) is -0.132. The Morgan fingerprint density at radius 1 is 1.53 bits per heavy atom. The van der Waals surface area contributed by atoms with E-state index >= 15 is 0 Å². The van der Waals surface area contributed by atoms with Gasteiger partial charge in [0.25, 0.3) is 5.91 Å². The van der Waals surface area contributed by atoms with Gasteiger partial charge in [-0.05, 0) is 19.8 Å². The second-order valence-electron chi connectivity index (χ2n) is 4.83. The molecule has 0 aromatic rings. The molecule has 6 nitrogen and oxygen atoms in total. The van der Waals surface area contributed by atoms with Gasteiger partial charge < -0.3 is 19.5 Å². The van der Waals surface area contributed by atoms with Gasteiger partial charge in [-0.15, -0.1) is 0 Å². The van der Waals surface area contributed by atoms with E-state index in [1.807, 2.05) is 6.92 Å². The molecule has 2 saturated heterocycles. The van der Waals surface area contributed by atoms with Gasteiger partial charge in [0.1, 0.15) is 18.3 Å². The maximum atomic E-state index is 11.9. The molecule has 0 aromatic carbocycles. The van der Waals surface area contributed by atoms with Crippen molar-refractivity contribution in [2.75, 3.05) is 26.3 Å². The van der Waals surface area contributed by atoms with E-state index in [4.69, 9.17) is 14.6 Å². The Morgan fingerprint density at radius 2 is 2.24 bits per heavy atom. The maximum absolute atomic E-state index is 11.9. The molecular formula is C11H17NO5. The number of carbonyl (C=O) groups excluding carboxylic acids is 1. The van der Waals surface area contributed by atoms with Crippen LogP contribution in [0.15, 0.2) is 0 Å². The van der Waals surface area contributed by atoms with Gasteiger partial charge >= 0.3 is 5.97 Å². The molecule has 0 spiro atoms. The van der Waals surface area contributed by atoms with E-state index in [1.165, 1.54) is 0 Å². The van der Waals surface area contributed by atoms with E-state index in [0.29, 0.717) is 19.7 Å². The van der Waals surface area contributed by atoms with Gasteiger partial charge in [-0.3, -0.25) is 4.79 Å². The van der Waals surface area contributed by atoms with Crippen LogP contribution >= 0.6 is 0 Å². The van der Waals surface area contributed by atoms with Crippen LogP contribution in [0.3, 0.4) is 0 Å². The number of carboxylic acid groups (broad SMARTS) is 1. The summed E-state index contributed by atoms with van der Waals surface area (Å²) in [5, 5.41) is 8.52. The van der Waals surface area contributed by atoms with Gasteiger partial charge in [0.15, 0.2) is 0 Å². The molecule has 2 aliphatic heterocycles. The third kappa shape index (κ3) is 2.76. The summed E-state index contributed by atoms with van der Waals surface area (Å²) >= 11 is 0. The van der Waals surface area contributed by atoms with Crippen LogP contribution in [0.2, 0.25) is 0 Å². The van der Waals surface area contributed by atoms with Gasteiger partial charge in [-0.2, -0.15) is 0 Å². The highest BCUT2D eigenvalue weighted by molar-refractivity contribution is 5.82. The van der Waals surface area contributed by atoms with Crippen LogP contribution < -0.4 is 0 Å². The summed E-state index contributed by atoms with van der Waals surface area (Å²) in [5.41, 5.74) is -0.521. The van der Waals surface area contributed by atoms with Crippen molar-refractivity contribution in [1.29, 1.82) is 0 Å². The number of aliphatic carboxylic acids is 1.